The summed E-state index contributed by atoms with van der Waals surface area (Å²) in [5.41, 5.74) is 1.30. The molecule has 1 amide bonds. The molecule has 2 nitrogen and oxygen atoms in total. The lowest BCUT2D eigenvalue weighted by Crippen LogP contribution is -2.27. The molecule has 1 N–H and O–H groups in total. The van der Waals surface area contributed by atoms with Crippen LogP contribution in [0.1, 0.15) is 18.9 Å². The molecule has 1 aliphatic rings. The van der Waals surface area contributed by atoms with Crippen molar-refractivity contribution in [3.8, 4) is 0 Å². The Labute approximate surface area is 84.3 Å². The first-order valence-corrected chi connectivity index (χ1v) is 5.10. The van der Waals surface area contributed by atoms with Crippen LogP contribution in [-0.2, 0) is 11.2 Å². The lowest BCUT2D eigenvalue weighted by molar-refractivity contribution is -0.122. The van der Waals surface area contributed by atoms with Crippen molar-refractivity contribution in [1.29, 1.82) is 0 Å². The molecule has 1 aliphatic heterocycles. The van der Waals surface area contributed by atoms with Crippen molar-refractivity contribution in [3.05, 3.63) is 35.9 Å². The number of hydrogen-bond acceptors (Lipinski definition) is 1. The number of benzene rings is 1. The Morgan fingerprint density at radius 2 is 2.07 bits per heavy atom. The van der Waals surface area contributed by atoms with Crippen LogP contribution in [0.5, 0.6) is 0 Å². The van der Waals surface area contributed by atoms with Gasteiger partial charge in [0.25, 0.3) is 0 Å². The largest absolute Gasteiger partial charge is 0.353 e. The van der Waals surface area contributed by atoms with Gasteiger partial charge in [0.2, 0.25) is 5.91 Å². The fraction of sp³-hybridized carbons (Fsp3) is 0.417. The normalized spacial score (nSPS) is 26.2. The van der Waals surface area contributed by atoms with Gasteiger partial charge in [-0.25, -0.2) is 0 Å². The first-order chi connectivity index (χ1) is 6.75. The van der Waals surface area contributed by atoms with E-state index in [4.69, 9.17) is 0 Å². The highest BCUT2D eigenvalue weighted by Crippen LogP contribution is 2.17. The zero-order valence-corrected chi connectivity index (χ0v) is 8.36. The Morgan fingerprint density at radius 1 is 1.36 bits per heavy atom. The minimum atomic E-state index is 0.184. The zero-order chi connectivity index (χ0) is 9.97. The van der Waals surface area contributed by atoms with E-state index >= 15 is 0 Å². The SMILES string of the molecule is CC1C[C@H](Cc2ccccc2)NC1=O. The first-order valence-electron chi connectivity index (χ1n) is 5.10. The van der Waals surface area contributed by atoms with Crippen LogP contribution in [0.3, 0.4) is 0 Å². The van der Waals surface area contributed by atoms with Gasteiger partial charge in [-0.15, -0.1) is 0 Å². The van der Waals surface area contributed by atoms with Gasteiger partial charge in [0.1, 0.15) is 0 Å². The van der Waals surface area contributed by atoms with E-state index in [0.717, 1.165) is 12.8 Å². The summed E-state index contributed by atoms with van der Waals surface area (Å²) in [5.74, 6) is 0.384. The van der Waals surface area contributed by atoms with Crippen LogP contribution in [0.2, 0.25) is 0 Å². The molecule has 1 heterocycles. The van der Waals surface area contributed by atoms with Crippen molar-refractivity contribution in [1.82, 2.24) is 5.32 Å². The molecule has 0 spiro atoms. The number of hydrogen-bond donors (Lipinski definition) is 1. The molecule has 0 aromatic heterocycles. The zero-order valence-electron chi connectivity index (χ0n) is 8.36. The summed E-state index contributed by atoms with van der Waals surface area (Å²) in [6.07, 6.45) is 1.92. The molecule has 2 heteroatoms. The first kappa shape index (κ1) is 9.25. The standard InChI is InChI=1S/C12H15NO/c1-9-7-11(13-12(9)14)8-10-5-3-2-4-6-10/h2-6,9,11H,7-8H2,1H3,(H,13,14)/t9?,11-/m1/s1. The van der Waals surface area contributed by atoms with Gasteiger partial charge in [-0.2, -0.15) is 0 Å². The molecule has 1 unspecified atom stereocenters. The number of carbonyl (C=O) groups excluding carboxylic acids is 1. The fourth-order valence-electron chi connectivity index (χ4n) is 1.97. The maximum absolute atomic E-state index is 11.3. The van der Waals surface area contributed by atoms with Crippen LogP contribution in [0.4, 0.5) is 0 Å². The van der Waals surface area contributed by atoms with Gasteiger partial charge >= 0.3 is 0 Å². The van der Waals surface area contributed by atoms with Crippen molar-refractivity contribution < 1.29 is 4.79 Å². The van der Waals surface area contributed by atoms with Crippen molar-refractivity contribution in [2.45, 2.75) is 25.8 Å². The Morgan fingerprint density at radius 3 is 2.64 bits per heavy atom. The van der Waals surface area contributed by atoms with E-state index in [1.54, 1.807) is 0 Å². The van der Waals surface area contributed by atoms with E-state index in [-0.39, 0.29) is 11.8 Å². The van der Waals surface area contributed by atoms with Gasteiger partial charge in [-0.05, 0) is 18.4 Å². The van der Waals surface area contributed by atoms with E-state index in [0.29, 0.717) is 6.04 Å². The Balaban J connectivity index is 1.97. The van der Waals surface area contributed by atoms with Crippen LogP contribution in [0.15, 0.2) is 30.3 Å². The van der Waals surface area contributed by atoms with Gasteiger partial charge in [0.05, 0.1) is 0 Å². The van der Waals surface area contributed by atoms with Crippen LogP contribution in [-0.4, -0.2) is 11.9 Å². The Hall–Kier alpha value is -1.31. The van der Waals surface area contributed by atoms with Crippen molar-refractivity contribution in [3.63, 3.8) is 0 Å². The molecule has 1 saturated heterocycles. The third-order valence-corrected chi connectivity index (χ3v) is 2.76. The lowest BCUT2D eigenvalue weighted by atomic mass is 10.0. The number of nitrogens with one attached hydrogen (secondary N) is 1. The average molecular weight is 189 g/mol. The number of amides is 1. The van der Waals surface area contributed by atoms with Crippen LogP contribution >= 0.6 is 0 Å². The van der Waals surface area contributed by atoms with E-state index in [1.165, 1.54) is 5.56 Å². The maximum atomic E-state index is 11.3. The second-order valence-electron chi connectivity index (χ2n) is 4.03. The summed E-state index contributed by atoms with van der Waals surface area (Å²) in [4.78, 5) is 11.3. The molecule has 0 saturated carbocycles. The molecular formula is C12H15NO. The second-order valence-corrected chi connectivity index (χ2v) is 4.03. The van der Waals surface area contributed by atoms with Crippen LogP contribution in [0.25, 0.3) is 0 Å². The van der Waals surface area contributed by atoms with Crippen LogP contribution < -0.4 is 5.32 Å². The van der Waals surface area contributed by atoms with Gasteiger partial charge in [0.15, 0.2) is 0 Å². The summed E-state index contributed by atoms with van der Waals surface area (Å²) >= 11 is 0. The fourth-order valence-corrected chi connectivity index (χ4v) is 1.97. The van der Waals surface area contributed by atoms with Crippen LogP contribution in [0, 0.1) is 5.92 Å². The Bertz CT molecular complexity index is 320. The molecule has 74 valence electrons. The lowest BCUT2D eigenvalue weighted by Gasteiger charge is -2.09. The minimum absolute atomic E-state index is 0.184. The highest BCUT2D eigenvalue weighted by molar-refractivity contribution is 5.80. The Kier molecular flexibility index (Phi) is 2.53. The van der Waals surface area contributed by atoms with E-state index in [9.17, 15) is 4.79 Å². The van der Waals surface area contributed by atoms with Crippen molar-refractivity contribution in [2.24, 2.45) is 5.92 Å². The molecular weight excluding hydrogens is 174 g/mol. The number of carbonyl (C=O) groups is 1. The molecule has 0 aliphatic carbocycles. The molecule has 0 radical (unpaired) electrons. The molecule has 2 atom stereocenters. The summed E-state index contributed by atoms with van der Waals surface area (Å²) in [6, 6.07) is 10.6. The van der Waals surface area contributed by atoms with E-state index < -0.39 is 0 Å². The average Bonchev–Trinajstić information content (AvgIpc) is 2.47. The molecule has 2 rings (SSSR count). The topological polar surface area (TPSA) is 29.1 Å². The smallest absolute Gasteiger partial charge is 0.223 e. The highest BCUT2D eigenvalue weighted by Gasteiger charge is 2.27. The van der Waals surface area contributed by atoms with Crippen molar-refractivity contribution >= 4 is 5.91 Å². The monoisotopic (exact) mass is 189 g/mol. The number of rotatable bonds is 2. The molecule has 14 heavy (non-hydrogen) atoms. The van der Waals surface area contributed by atoms with E-state index in [2.05, 4.69) is 17.4 Å². The maximum Gasteiger partial charge on any atom is 0.223 e. The third-order valence-electron chi connectivity index (χ3n) is 2.76. The van der Waals surface area contributed by atoms with Gasteiger partial charge < -0.3 is 5.32 Å². The van der Waals surface area contributed by atoms with Gasteiger partial charge in [0, 0.05) is 12.0 Å². The predicted octanol–water partition coefficient (Wildman–Crippen LogP) is 1.75. The van der Waals surface area contributed by atoms with E-state index in [1.807, 2.05) is 25.1 Å². The quantitative estimate of drug-likeness (QED) is 0.754. The molecule has 1 aromatic rings. The summed E-state index contributed by atoms with van der Waals surface area (Å²) in [7, 11) is 0. The van der Waals surface area contributed by atoms with Crippen molar-refractivity contribution in [2.75, 3.05) is 0 Å². The molecule has 1 aromatic carbocycles. The van der Waals surface area contributed by atoms with Gasteiger partial charge in [-0.1, -0.05) is 37.3 Å². The molecule has 0 bridgehead atoms. The highest BCUT2D eigenvalue weighted by atomic mass is 16.2. The molecule has 1 fully saturated rings. The second kappa shape index (κ2) is 3.82. The third kappa shape index (κ3) is 1.95. The summed E-state index contributed by atoms with van der Waals surface area (Å²) < 4.78 is 0. The predicted molar refractivity (Wildman–Crippen MR) is 55.9 cm³/mol. The summed E-state index contributed by atoms with van der Waals surface area (Å²) in [6.45, 7) is 1.99. The van der Waals surface area contributed by atoms with Gasteiger partial charge in [-0.3, -0.25) is 4.79 Å². The summed E-state index contributed by atoms with van der Waals surface area (Å²) in [5, 5.41) is 3.01. The minimum Gasteiger partial charge on any atom is -0.353 e.